The van der Waals surface area contributed by atoms with Gasteiger partial charge in [-0.1, -0.05) is 60.2 Å². The van der Waals surface area contributed by atoms with Crippen molar-refractivity contribution in [2.45, 2.75) is 26.8 Å². The molecule has 174 valence electrons. The van der Waals surface area contributed by atoms with Gasteiger partial charge in [0.1, 0.15) is 5.56 Å². The molecule has 1 N–H and O–H groups in total. The number of carbonyl (C=O) groups is 2. The standard InChI is InChI=1S/C28H27NO5/c1-17(2)14-15-20-22-19-12-8-9-13-21(19)29(16-18-10-6-5-7-11-18)25(22)26(30)24(28(32)34-4)23(20)27(31)33-3/h5-14,30H,15-16H2,1-4H3. The highest BCUT2D eigenvalue weighted by Crippen LogP contribution is 2.43. The number of ether oxygens (including phenoxy) is 2. The fourth-order valence-corrected chi connectivity index (χ4v) is 4.44. The van der Waals surface area contributed by atoms with Crippen LogP contribution in [0.25, 0.3) is 21.8 Å². The van der Waals surface area contributed by atoms with Crippen molar-refractivity contribution >= 4 is 33.7 Å². The summed E-state index contributed by atoms with van der Waals surface area (Å²) in [7, 11) is 2.48. The number of para-hydroxylation sites is 1. The van der Waals surface area contributed by atoms with E-state index in [1.807, 2.05) is 79.1 Å². The van der Waals surface area contributed by atoms with Crippen LogP contribution in [0.5, 0.6) is 5.75 Å². The Hall–Kier alpha value is -4.06. The van der Waals surface area contributed by atoms with Gasteiger partial charge in [-0.05, 0) is 37.5 Å². The van der Waals surface area contributed by atoms with Crippen LogP contribution in [0, 0.1) is 0 Å². The predicted octanol–water partition coefficient (Wildman–Crippen LogP) is 5.63. The third-order valence-corrected chi connectivity index (χ3v) is 5.96. The van der Waals surface area contributed by atoms with E-state index < -0.39 is 11.9 Å². The highest BCUT2D eigenvalue weighted by molar-refractivity contribution is 6.19. The lowest BCUT2D eigenvalue weighted by Crippen LogP contribution is -2.16. The Morgan fingerprint density at radius 1 is 0.912 bits per heavy atom. The van der Waals surface area contributed by atoms with Gasteiger partial charge in [-0.2, -0.15) is 0 Å². The topological polar surface area (TPSA) is 77.8 Å². The van der Waals surface area contributed by atoms with E-state index in [0.29, 0.717) is 24.0 Å². The van der Waals surface area contributed by atoms with Crippen molar-refractivity contribution in [2.75, 3.05) is 14.2 Å². The quantitative estimate of drug-likeness (QED) is 0.300. The molecule has 0 aliphatic rings. The molecule has 0 fully saturated rings. The maximum atomic E-state index is 13.0. The molecule has 0 aliphatic heterocycles. The second-order valence-electron chi connectivity index (χ2n) is 8.36. The van der Waals surface area contributed by atoms with E-state index in [-0.39, 0.29) is 16.9 Å². The molecular weight excluding hydrogens is 430 g/mol. The first-order valence-electron chi connectivity index (χ1n) is 11.0. The average molecular weight is 458 g/mol. The van der Waals surface area contributed by atoms with Gasteiger partial charge in [-0.3, -0.25) is 0 Å². The van der Waals surface area contributed by atoms with Gasteiger partial charge in [-0.15, -0.1) is 0 Å². The first-order valence-corrected chi connectivity index (χ1v) is 11.0. The van der Waals surface area contributed by atoms with Crippen LogP contribution in [0.3, 0.4) is 0 Å². The molecule has 0 radical (unpaired) electrons. The summed E-state index contributed by atoms with van der Waals surface area (Å²) in [5.41, 5.74) is 3.92. The van der Waals surface area contributed by atoms with Crippen LogP contribution in [0.15, 0.2) is 66.2 Å². The van der Waals surface area contributed by atoms with E-state index in [1.54, 1.807) is 0 Å². The van der Waals surface area contributed by atoms with Crippen LogP contribution in [-0.4, -0.2) is 35.8 Å². The molecule has 0 saturated carbocycles. The number of allylic oxidation sites excluding steroid dienone is 2. The van der Waals surface area contributed by atoms with Crippen molar-refractivity contribution in [1.29, 1.82) is 0 Å². The molecule has 4 rings (SSSR count). The largest absolute Gasteiger partial charge is 0.505 e. The normalized spacial score (nSPS) is 10.9. The number of benzene rings is 3. The highest BCUT2D eigenvalue weighted by atomic mass is 16.5. The van der Waals surface area contributed by atoms with Crippen molar-refractivity contribution in [2.24, 2.45) is 0 Å². The predicted molar refractivity (Wildman–Crippen MR) is 132 cm³/mol. The Morgan fingerprint density at radius 3 is 2.18 bits per heavy atom. The first kappa shape index (κ1) is 23.1. The van der Waals surface area contributed by atoms with Crippen molar-refractivity contribution in [3.05, 3.63) is 88.5 Å². The Morgan fingerprint density at radius 2 is 1.53 bits per heavy atom. The number of hydrogen-bond donors (Lipinski definition) is 1. The Balaban J connectivity index is 2.22. The van der Waals surface area contributed by atoms with Crippen molar-refractivity contribution < 1.29 is 24.2 Å². The maximum Gasteiger partial charge on any atom is 0.342 e. The number of methoxy groups -OCH3 is 2. The monoisotopic (exact) mass is 457 g/mol. The third kappa shape index (κ3) is 3.92. The van der Waals surface area contributed by atoms with Crippen molar-refractivity contribution in [1.82, 2.24) is 4.57 Å². The summed E-state index contributed by atoms with van der Waals surface area (Å²) in [6, 6.07) is 17.7. The zero-order valence-electron chi connectivity index (χ0n) is 19.7. The fraction of sp³-hybridized carbons (Fsp3) is 0.214. The van der Waals surface area contributed by atoms with E-state index >= 15 is 0 Å². The lowest BCUT2D eigenvalue weighted by Gasteiger charge is -2.17. The molecule has 0 atom stereocenters. The average Bonchev–Trinajstić information content (AvgIpc) is 3.17. The molecule has 1 heterocycles. The molecule has 3 aromatic carbocycles. The second-order valence-corrected chi connectivity index (χ2v) is 8.36. The van der Waals surface area contributed by atoms with E-state index in [9.17, 15) is 14.7 Å². The Kier molecular flexibility index (Phi) is 6.41. The minimum atomic E-state index is -0.797. The summed E-state index contributed by atoms with van der Waals surface area (Å²) in [5.74, 6) is -1.79. The number of esters is 2. The van der Waals surface area contributed by atoms with Gasteiger partial charge in [0.15, 0.2) is 5.75 Å². The fourth-order valence-electron chi connectivity index (χ4n) is 4.44. The molecular formula is C28H27NO5. The molecule has 0 amide bonds. The number of rotatable bonds is 6. The minimum absolute atomic E-state index is 0.0273. The maximum absolute atomic E-state index is 13.0. The highest BCUT2D eigenvalue weighted by Gasteiger charge is 2.32. The summed E-state index contributed by atoms with van der Waals surface area (Å²) >= 11 is 0. The minimum Gasteiger partial charge on any atom is -0.505 e. The lowest BCUT2D eigenvalue weighted by molar-refractivity contribution is 0.0551. The number of carbonyl (C=O) groups excluding carboxylic acids is 2. The van der Waals surface area contributed by atoms with Gasteiger partial charge in [0.05, 0.1) is 25.3 Å². The number of aromatic hydroxyl groups is 1. The molecule has 0 saturated heterocycles. The van der Waals surface area contributed by atoms with E-state index in [4.69, 9.17) is 9.47 Å². The number of hydrogen-bond acceptors (Lipinski definition) is 5. The molecule has 1 aromatic heterocycles. The van der Waals surface area contributed by atoms with E-state index in [0.717, 1.165) is 27.4 Å². The van der Waals surface area contributed by atoms with Crippen LogP contribution in [-0.2, 0) is 22.4 Å². The van der Waals surface area contributed by atoms with Crippen LogP contribution in [0.1, 0.15) is 45.7 Å². The number of nitrogens with zero attached hydrogens (tertiary/aromatic N) is 1. The summed E-state index contributed by atoms with van der Waals surface area (Å²) < 4.78 is 12.0. The van der Waals surface area contributed by atoms with Crippen LogP contribution in [0.4, 0.5) is 0 Å². The molecule has 0 spiro atoms. The number of phenolic OH excluding ortho intramolecular Hbond substituents is 1. The second kappa shape index (κ2) is 9.43. The number of aromatic nitrogens is 1. The lowest BCUT2D eigenvalue weighted by atomic mass is 9.92. The van der Waals surface area contributed by atoms with E-state index in [1.165, 1.54) is 14.2 Å². The molecule has 6 heteroatoms. The number of phenols is 1. The SMILES string of the molecule is COC(=O)c1c(C(=O)OC)c(O)c2c(c1CC=C(C)C)c1ccccc1n2Cc1ccccc1. The smallest absolute Gasteiger partial charge is 0.342 e. The molecule has 0 unspecified atom stereocenters. The van der Waals surface area contributed by atoms with E-state index in [2.05, 4.69) is 0 Å². The van der Waals surface area contributed by atoms with Crippen LogP contribution < -0.4 is 0 Å². The molecule has 0 bridgehead atoms. The number of fused-ring (bicyclic) bond motifs is 3. The third-order valence-electron chi connectivity index (χ3n) is 5.96. The van der Waals surface area contributed by atoms with Gasteiger partial charge in [0, 0.05) is 22.8 Å². The Bertz CT molecular complexity index is 1430. The summed E-state index contributed by atoms with van der Waals surface area (Å²) in [6.45, 7) is 4.41. The summed E-state index contributed by atoms with van der Waals surface area (Å²) in [6.07, 6.45) is 2.37. The zero-order valence-corrected chi connectivity index (χ0v) is 19.7. The first-order chi connectivity index (χ1) is 16.4. The van der Waals surface area contributed by atoms with Crippen molar-refractivity contribution in [3.63, 3.8) is 0 Å². The molecule has 0 aliphatic carbocycles. The zero-order chi connectivity index (χ0) is 24.4. The summed E-state index contributed by atoms with van der Waals surface area (Å²) in [4.78, 5) is 25.9. The molecule has 34 heavy (non-hydrogen) atoms. The van der Waals surface area contributed by atoms with Crippen molar-refractivity contribution in [3.8, 4) is 5.75 Å². The van der Waals surface area contributed by atoms with Gasteiger partial charge < -0.3 is 19.1 Å². The van der Waals surface area contributed by atoms with Gasteiger partial charge in [0.2, 0.25) is 0 Å². The van der Waals surface area contributed by atoms with Gasteiger partial charge in [-0.25, -0.2) is 9.59 Å². The Labute approximate surface area is 198 Å². The molecule has 6 nitrogen and oxygen atoms in total. The van der Waals surface area contributed by atoms with Crippen LogP contribution in [0.2, 0.25) is 0 Å². The van der Waals surface area contributed by atoms with Gasteiger partial charge in [0.25, 0.3) is 0 Å². The van der Waals surface area contributed by atoms with Gasteiger partial charge >= 0.3 is 11.9 Å². The van der Waals surface area contributed by atoms with Crippen LogP contribution >= 0.6 is 0 Å². The molecule has 4 aromatic rings. The summed E-state index contributed by atoms with van der Waals surface area (Å²) in [5, 5.41) is 13.1.